The number of hydrogen-bond acceptors (Lipinski definition) is 5. The van der Waals surface area contributed by atoms with Crippen LogP contribution in [0.5, 0.6) is 0 Å². The number of ether oxygens (including phenoxy) is 1. The quantitative estimate of drug-likeness (QED) is 0.159. The van der Waals surface area contributed by atoms with E-state index >= 15 is 0 Å². The number of carbonyl (C=O) groups is 3. The van der Waals surface area contributed by atoms with Crippen LogP contribution < -0.4 is 10.2 Å². The number of nitrogens with zero attached hydrogens (tertiary/aromatic N) is 1. The van der Waals surface area contributed by atoms with E-state index in [1.165, 1.54) is 19.3 Å². The Hall–Kier alpha value is -3.03. The molecule has 2 aromatic carbocycles. The Morgan fingerprint density at radius 1 is 1.11 bits per heavy atom. The fraction of sp³-hybridized carbons (Fsp3) is 0.417. The number of anilines is 2. The van der Waals surface area contributed by atoms with E-state index in [4.69, 9.17) is 0 Å². The van der Waals surface area contributed by atoms with Crippen LogP contribution in [0.15, 0.2) is 72.4 Å². The molecule has 0 saturated heterocycles. The Morgan fingerprint density at radius 2 is 1.80 bits per heavy atom. The van der Waals surface area contributed by atoms with Crippen molar-refractivity contribution in [3.63, 3.8) is 0 Å². The van der Waals surface area contributed by atoms with Gasteiger partial charge in [0.05, 0.1) is 6.10 Å². The van der Waals surface area contributed by atoms with Crippen LogP contribution in [0.1, 0.15) is 99.9 Å². The van der Waals surface area contributed by atoms with Gasteiger partial charge in [-0.2, -0.15) is 0 Å². The molecule has 44 heavy (non-hydrogen) atoms. The first-order valence-electron chi connectivity index (χ1n) is 15.4. The van der Waals surface area contributed by atoms with Gasteiger partial charge in [0.2, 0.25) is 0 Å². The third kappa shape index (κ3) is 12.5. The zero-order valence-corrected chi connectivity index (χ0v) is 33.2. The summed E-state index contributed by atoms with van der Waals surface area (Å²) in [5, 5.41) is 13.5. The minimum absolute atomic E-state index is 0.0162. The standard InChI is InChI=1S/C28H32N2O3.C5H12.C3H5O2.Hg/c1-6-9-19(4)22(7-2)27(32)29-21-12-13-23(20(5)17-21)28(33)30-15-8-10-26(31)24-16-18(3)11-14-25(24)30;1-3-5-4-2;1-2-5-3-4;/h6-7,9,11-14,16-17,26,31H,1,8,10,15H2,2-5H3,(H,29,32);3-5H2,1-2H3;2H2,1H3;/q;;;+1/b19-9-,22-7+;;;. The fourth-order valence-electron chi connectivity index (χ4n) is 4.76. The molecule has 2 aromatic rings. The molecule has 234 valence electrons. The molecule has 0 saturated carbocycles. The Balaban J connectivity index is 0.000000752. The van der Waals surface area contributed by atoms with Gasteiger partial charge in [-0.25, -0.2) is 0 Å². The van der Waals surface area contributed by atoms with Crippen molar-refractivity contribution in [2.45, 2.75) is 86.7 Å². The molecule has 0 fully saturated rings. The van der Waals surface area contributed by atoms with Crippen molar-refractivity contribution >= 4 is 26.7 Å². The third-order valence-electron chi connectivity index (χ3n) is 6.99. The van der Waals surface area contributed by atoms with Gasteiger partial charge in [0.15, 0.2) is 0 Å². The molecule has 0 bridgehead atoms. The number of aliphatic hydroxyl groups is 1. The summed E-state index contributed by atoms with van der Waals surface area (Å²) >= 11 is 0.168. The van der Waals surface area contributed by atoms with Crippen molar-refractivity contribution in [2.75, 3.05) is 23.4 Å². The SMILES string of the molecule is C=C/C=C(C)\C(=C/C)C(=O)Nc1ccc(C(=O)N2CCCC(O)c3cc(C)ccc32)c(C)c1.CCCCC.CCO[C](=O)[Hg+]. The summed E-state index contributed by atoms with van der Waals surface area (Å²) in [7, 11) is 0. The molecule has 0 radical (unpaired) electrons. The summed E-state index contributed by atoms with van der Waals surface area (Å²) in [6.45, 7) is 18.5. The summed E-state index contributed by atoms with van der Waals surface area (Å²) in [5.74, 6) is -0.319. The number of unbranched alkanes of at least 4 members (excludes halogenated alkanes) is 2. The number of aliphatic hydroxyl groups excluding tert-OH is 1. The number of aryl methyl sites for hydroxylation is 2. The monoisotopic (exact) mass is 791 g/mol. The average Bonchev–Trinajstić information content (AvgIpc) is 3.12. The van der Waals surface area contributed by atoms with Crippen LogP contribution in [0, 0.1) is 13.8 Å². The van der Waals surface area contributed by atoms with Gasteiger partial charge >= 0.3 is 52.7 Å². The van der Waals surface area contributed by atoms with Crippen LogP contribution in [0.3, 0.4) is 0 Å². The first-order valence-corrected chi connectivity index (χ1v) is 18.2. The van der Waals surface area contributed by atoms with E-state index in [1.54, 1.807) is 35.3 Å². The normalized spacial score (nSPS) is 14.5. The zero-order valence-electron chi connectivity index (χ0n) is 27.7. The number of rotatable bonds is 8. The van der Waals surface area contributed by atoms with E-state index in [1.807, 2.05) is 58.9 Å². The average molecular weight is 790 g/mol. The molecule has 3 rings (SSSR count). The van der Waals surface area contributed by atoms with Crippen LogP contribution in [0.4, 0.5) is 16.2 Å². The maximum atomic E-state index is 13.5. The van der Waals surface area contributed by atoms with E-state index in [-0.39, 0.29) is 41.4 Å². The summed E-state index contributed by atoms with van der Waals surface area (Å²) in [6, 6.07) is 11.2. The van der Waals surface area contributed by atoms with Crippen molar-refractivity contribution in [2.24, 2.45) is 0 Å². The Bertz CT molecular complexity index is 1330. The molecular weight excluding hydrogens is 741 g/mol. The molecule has 8 heteroatoms. The molecule has 2 N–H and O–H groups in total. The predicted octanol–water partition coefficient (Wildman–Crippen LogP) is 8.68. The second kappa shape index (κ2) is 20.8. The third-order valence-corrected chi connectivity index (χ3v) is 7.78. The van der Waals surface area contributed by atoms with Gasteiger partial charge in [-0.15, -0.1) is 0 Å². The van der Waals surface area contributed by atoms with Crippen molar-refractivity contribution in [1.29, 1.82) is 0 Å². The second-order valence-electron chi connectivity index (χ2n) is 10.6. The number of carbonyl (C=O) groups excluding carboxylic acids is 3. The molecule has 1 unspecified atom stereocenters. The van der Waals surface area contributed by atoms with Crippen LogP contribution in [-0.2, 0) is 35.7 Å². The van der Waals surface area contributed by atoms with Crippen molar-refractivity contribution < 1.29 is 50.3 Å². The van der Waals surface area contributed by atoms with E-state index in [0.29, 0.717) is 36.4 Å². The summed E-state index contributed by atoms with van der Waals surface area (Å²) < 4.78 is 4.47. The van der Waals surface area contributed by atoms with Gasteiger partial charge in [-0.05, 0) is 75.9 Å². The number of allylic oxidation sites excluding steroid dienone is 3. The van der Waals surface area contributed by atoms with Crippen LogP contribution in [-0.4, -0.2) is 33.6 Å². The minimum atomic E-state index is -0.573. The second-order valence-corrected chi connectivity index (χ2v) is 12.9. The first-order chi connectivity index (χ1) is 20.9. The fourth-order valence-corrected chi connectivity index (χ4v) is 5.55. The molecule has 1 aliphatic rings. The maximum absolute atomic E-state index is 13.5. The van der Waals surface area contributed by atoms with Crippen LogP contribution >= 0.6 is 0 Å². The molecule has 1 aliphatic heterocycles. The van der Waals surface area contributed by atoms with E-state index < -0.39 is 6.10 Å². The van der Waals surface area contributed by atoms with Crippen molar-refractivity contribution in [1.82, 2.24) is 0 Å². The van der Waals surface area contributed by atoms with Crippen molar-refractivity contribution in [3.05, 3.63) is 94.6 Å². The van der Waals surface area contributed by atoms with Gasteiger partial charge in [-0.1, -0.05) is 75.6 Å². The molecule has 1 heterocycles. The van der Waals surface area contributed by atoms with Gasteiger partial charge in [0.1, 0.15) is 0 Å². The molecule has 0 spiro atoms. The zero-order chi connectivity index (χ0) is 33.2. The Morgan fingerprint density at radius 3 is 2.30 bits per heavy atom. The summed E-state index contributed by atoms with van der Waals surface area (Å²) in [5.41, 5.74) is 5.98. The van der Waals surface area contributed by atoms with E-state index in [0.717, 1.165) is 34.4 Å². The number of hydrogen-bond donors (Lipinski definition) is 2. The molecule has 2 amide bonds. The molecule has 0 aliphatic carbocycles. The molecule has 7 nitrogen and oxygen atoms in total. The predicted molar refractivity (Wildman–Crippen MR) is 177 cm³/mol. The van der Waals surface area contributed by atoms with Gasteiger partial charge < -0.3 is 15.3 Å². The van der Waals surface area contributed by atoms with Crippen LogP contribution in [0.25, 0.3) is 0 Å². The molecule has 1 atom stereocenters. The number of fused-ring (bicyclic) bond motifs is 1. The van der Waals surface area contributed by atoms with Gasteiger partial charge in [0, 0.05) is 34.6 Å². The van der Waals surface area contributed by atoms with Gasteiger partial charge in [-0.3, -0.25) is 9.59 Å². The Kier molecular flexibility index (Phi) is 18.5. The number of nitrogens with one attached hydrogen (secondary N) is 1. The Labute approximate surface area is 280 Å². The first kappa shape index (κ1) is 39.0. The summed E-state index contributed by atoms with van der Waals surface area (Å²) in [6.07, 6.45) is 10.1. The van der Waals surface area contributed by atoms with Crippen molar-refractivity contribution in [3.8, 4) is 0 Å². The van der Waals surface area contributed by atoms with E-state index in [9.17, 15) is 19.5 Å². The molecular formula is C36H49HgN2O5+. The topological polar surface area (TPSA) is 95.9 Å². The molecule has 0 aromatic heterocycles. The number of benzene rings is 2. The van der Waals surface area contributed by atoms with E-state index in [2.05, 4.69) is 30.5 Å². The van der Waals surface area contributed by atoms with Crippen LogP contribution in [0.2, 0.25) is 0 Å². The summed E-state index contributed by atoms with van der Waals surface area (Å²) in [4.78, 5) is 37.9. The van der Waals surface area contributed by atoms with Gasteiger partial charge in [0.25, 0.3) is 11.8 Å². The number of amides is 2.